The quantitative estimate of drug-likeness (QED) is 0.122. The van der Waals surface area contributed by atoms with Gasteiger partial charge in [-0.2, -0.15) is 12.2 Å². The predicted octanol–water partition coefficient (Wildman–Crippen LogP) is 7.96. The molecule has 37 heavy (non-hydrogen) atoms. The second kappa shape index (κ2) is 17.4. The first-order valence-corrected chi connectivity index (χ1v) is 15.9. The van der Waals surface area contributed by atoms with Crippen LogP contribution in [0.3, 0.4) is 0 Å². The van der Waals surface area contributed by atoms with Crippen molar-refractivity contribution in [3.63, 3.8) is 0 Å². The lowest BCUT2D eigenvalue weighted by atomic mass is 10.1. The lowest BCUT2D eigenvalue weighted by Gasteiger charge is -2.17. The Balaban J connectivity index is 0.00000115. The molecule has 1 N–H and O–H groups in total. The van der Waals surface area contributed by atoms with Gasteiger partial charge in [-0.15, -0.1) is 11.3 Å². The summed E-state index contributed by atoms with van der Waals surface area (Å²) in [5.74, 6) is -0.109. The molecule has 0 bridgehead atoms. The molecule has 1 aromatic heterocycles. The Labute approximate surface area is 237 Å². The fourth-order valence-corrected chi connectivity index (χ4v) is 5.10. The van der Waals surface area contributed by atoms with E-state index in [1.54, 1.807) is 0 Å². The molecule has 4 rings (SSSR count). The highest BCUT2D eigenvalue weighted by Crippen LogP contribution is 2.28. The zero-order valence-corrected chi connectivity index (χ0v) is 25.5. The van der Waals surface area contributed by atoms with Gasteiger partial charge in [-0.25, -0.2) is 4.98 Å². The predicted molar refractivity (Wildman–Crippen MR) is 169 cm³/mol. The van der Waals surface area contributed by atoms with Crippen molar-refractivity contribution in [2.45, 2.75) is 38.6 Å². The second-order valence-corrected chi connectivity index (χ2v) is 9.83. The Morgan fingerprint density at radius 3 is 2.16 bits per heavy atom. The number of aryl methyl sites for hydroxylation is 1. The largest absolute Gasteiger partial charge is 0.302 e. The number of carbonyl (C=O) groups excluding carboxylic acids is 1. The van der Waals surface area contributed by atoms with Crippen molar-refractivity contribution in [2.24, 2.45) is 0 Å². The molecule has 0 saturated heterocycles. The molecule has 0 fully saturated rings. The van der Waals surface area contributed by atoms with Crippen LogP contribution in [0.15, 0.2) is 89.8 Å². The van der Waals surface area contributed by atoms with Crippen LogP contribution in [0.1, 0.15) is 40.3 Å². The molecule has 8 heteroatoms. The van der Waals surface area contributed by atoms with E-state index >= 15 is 0 Å². The van der Waals surface area contributed by atoms with Crippen molar-refractivity contribution in [3.8, 4) is 10.6 Å². The third-order valence-electron chi connectivity index (χ3n) is 5.29. The second-order valence-electron chi connectivity index (χ2n) is 7.95. The van der Waals surface area contributed by atoms with Gasteiger partial charge in [-0.3, -0.25) is 9.52 Å². The van der Waals surface area contributed by atoms with E-state index in [-0.39, 0.29) is 5.91 Å². The van der Waals surface area contributed by atoms with Gasteiger partial charge in [0, 0.05) is 23.5 Å². The maximum absolute atomic E-state index is 12.7. The smallest absolute Gasteiger partial charge is 0.273 e. The Morgan fingerprint density at radius 1 is 0.946 bits per heavy atom. The molecule has 4 aromatic rings. The first-order chi connectivity index (χ1) is 18.1. The summed E-state index contributed by atoms with van der Waals surface area (Å²) in [6.07, 6.45) is 1.04. The van der Waals surface area contributed by atoms with E-state index < -0.39 is 0 Å². The number of hydrogen-bond donors (Lipinski definition) is 2. The van der Waals surface area contributed by atoms with Gasteiger partial charge >= 0.3 is 0 Å². The van der Waals surface area contributed by atoms with Gasteiger partial charge < -0.3 is 4.90 Å². The van der Waals surface area contributed by atoms with Crippen LogP contribution < -0.4 is 4.72 Å². The molecule has 0 saturated carbocycles. The highest BCUT2D eigenvalue weighted by molar-refractivity contribution is 8.31. The van der Waals surface area contributed by atoms with Crippen LogP contribution in [-0.2, 0) is 13.0 Å². The SMILES string of the molecule is CC.Cc1nc(-c2ccccc2)sc1C(=O)NSc1ccc(CN(C)CCc2ccccc2)cc1.PS. The van der Waals surface area contributed by atoms with E-state index in [1.807, 2.05) is 51.1 Å². The maximum Gasteiger partial charge on any atom is 0.273 e. The number of thiol groups is 1. The molecule has 0 aliphatic heterocycles. The van der Waals surface area contributed by atoms with Crippen LogP contribution in [0.25, 0.3) is 10.6 Å². The number of aromatic nitrogens is 1. The summed E-state index contributed by atoms with van der Waals surface area (Å²) in [7, 11) is 4.26. The molecular formula is C29H36N3OPS3. The van der Waals surface area contributed by atoms with Crippen molar-refractivity contribution in [1.29, 1.82) is 0 Å². The van der Waals surface area contributed by atoms with Crippen LogP contribution in [0.2, 0.25) is 0 Å². The Hall–Kier alpha value is -2.15. The summed E-state index contributed by atoms with van der Waals surface area (Å²) in [4.78, 5) is 21.3. The van der Waals surface area contributed by atoms with Gasteiger partial charge in [-0.05, 0) is 55.6 Å². The van der Waals surface area contributed by atoms with E-state index in [0.29, 0.717) is 4.88 Å². The molecule has 1 atom stereocenters. The lowest BCUT2D eigenvalue weighted by molar-refractivity contribution is 0.0987. The summed E-state index contributed by atoms with van der Waals surface area (Å²) in [5.41, 5.74) is 4.40. The standard InChI is InChI=1S/C27H27N3OS2.C2H6.H3PS/c1-20-25(32-27(28-20)23-11-7-4-8-12-23)26(31)29-33-24-15-13-22(14-16-24)19-30(2)18-17-21-9-5-3-6-10-21;2*1-2/h3-16H,17-19H2,1-2H3,(H,29,31);1-2H3;2H,1H2. The van der Waals surface area contributed by atoms with Crippen LogP contribution in [0.5, 0.6) is 0 Å². The number of carbonyl (C=O) groups is 1. The van der Waals surface area contributed by atoms with E-state index in [1.165, 1.54) is 34.4 Å². The number of thiazole rings is 1. The van der Waals surface area contributed by atoms with Crippen LogP contribution in [0, 0.1) is 6.92 Å². The first-order valence-electron chi connectivity index (χ1n) is 12.2. The molecule has 0 radical (unpaired) electrons. The summed E-state index contributed by atoms with van der Waals surface area (Å²) in [6.45, 7) is 7.79. The fourth-order valence-electron chi connectivity index (χ4n) is 3.48. The van der Waals surface area contributed by atoms with Gasteiger partial charge in [0.25, 0.3) is 5.91 Å². The topological polar surface area (TPSA) is 45.2 Å². The Morgan fingerprint density at radius 2 is 1.54 bits per heavy atom. The number of nitrogens with zero attached hydrogens (tertiary/aromatic N) is 2. The number of nitrogens with one attached hydrogen (secondary N) is 1. The highest BCUT2D eigenvalue weighted by Gasteiger charge is 2.16. The van der Waals surface area contributed by atoms with E-state index in [0.717, 1.165) is 40.7 Å². The Bertz CT molecular complexity index is 1190. The van der Waals surface area contributed by atoms with Gasteiger partial charge in [0.15, 0.2) is 0 Å². The summed E-state index contributed by atoms with van der Waals surface area (Å²) in [5, 5.41) is 0.865. The minimum atomic E-state index is -0.109. The first kappa shape index (κ1) is 31.1. The molecule has 3 aromatic carbocycles. The fraction of sp³-hybridized carbons (Fsp3) is 0.241. The van der Waals surface area contributed by atoms with Crippen molar-refractivity contribution in [2.75, 3.05) is 13.6 Å². The van der Waals surface area contributed by atoms with Gasteiger partial charge in [0.1, 0.15) is 9.88 Å². The summed E-state index contributed by atoms with van der Waals surface area (Å²) in [6, 6.07) is 28.9. The molecular weight excluding hydrogens is 534 g/mol. The zero-order valence-electron chi connectivity index (χ0n) is 21.8. The van der Waals surface area contributed by atoms with E-state index in [9.17, 15) is 4.79 Å². The molecule has 0 aliphatic carbocycles. The number of amides is 1. The van der Waals surface area contributed by atoms with Crippen LogP contribution >= 0.6 is 44.0 Å². The van der Waals surface area contributed by atoms with Gasteiger partial charge in [0.2, 0.25) is 0 Å². The molecule has 0 aliphatic rings. The minimum Gasteiger partial charge on any atom is -0.302 e. The normalized spacial score (nSPS) is 10.1. The van der Waals surface area contributed by atoms with Crippen molar-refractivity contribution >= 4 is 49.9 Å². The molecule has 196 valence electrons. The Kier molecular flexibility index (Phi) is 14.6. The maximum atomic E-state index is 12.7. The van der Waals surface area contributed by atoms with Crippen molar-refractivity contribution < 1.29 is 4.79 Å². The number of likely N-dealkylation sites (N-methyl/N-ethyl adjacent to an activating group) is 1. The van der Waals surface area contributed by atoms with Crippen molar-refractivity contribution in [1.82, 2.24) is 14.6 Å². The van der Waals surface area contributed by atoms with Gasteiger partial charge in [0.05, 0.1) is 5.69 Å². The molecule has 1 amide bonds. The monoisotopic (exact) mass is 569 g/mol. The molecule has 1 unspecified atom stereocenters. The summed E-state index contributed by atoms with van der Waals surface area (Å²) < 4.78 is 2.96. The molecule has 1 heterocycles. The molecule has 4 nitrogen and oxygen atoms in total. The van der Waals surface area contributed by atoms with Crippen molar-refractivity contribution in [3.05, 3.63) is 107 Å². The average molecular weight is 570 g/mol. The minimum absolute atomic E-state index is 0.109. The lowest BCUT2D eigenvalue weighted by Crippen LogP contribution is -2.20. The van der Waals surface area contributed by atoms with Gasteiger partial charge in [-0.1, -0.05) is 95.1 Å². The van der Waals surface area contributed by atoms with E-state index in [2.05, 4.69) is 96.9 Å². The van der Waals surface area contributed by atoms with E-state index in [4.69, 9.17) is 0 Å². The number of rotatable bonds is 9. The van der Waals surface area contributed by atoms with Crippen LogP contribution in [0.4, 0.5) is 0 Å². The summed E-state index contributed by atoms with van der Waals surface area (Å²) >= 11 is 6.21. The zero-order chi connectivity index (χ0) is 27.0. The van der Waals surface area contributed by atoms with Crippen LogP contribution in [-0.4, -0.2) is 29.4 Å². The average Bonchev–Trinajstić information content (AvgIpc) is 3.36. The third-order valence-corrected chi connectivity index (χ3v) is 7.29. The number of hydrogen-bond acceptors (Lipinski definition) is 6. The molecule has 0 spiro atoms. The number of benzene rings is 3. The third kappa shape index (κ3) is 10.3. The highest BCUT2D eigenvalue weighted by atomic mass is 32.7.